The highest BCUT2D eigenvalue weighted by atomic mass is 35.6. The molecule has 0 unspecified atom stereocenters. The minimum absolute atomic E-state index is 1.17. The highest BCUT2D eigenvalue weighted by Gasteiger charge is 2.43. The van der Waals surface area contributed by atoms with Crippen molar-refractivity contribution in [3.05, 3.63) is 235 Å². The molecule has 284 valence electrons. The van der Waals surface area contributed by atoms with E-state index in [1.165, 1.54) is 99.0 Å². The van der Waals surface area contributed by atoms with Gasteiger partial charge in [0.1, 0.15) is 0 Å². The van der Waals surface area contributed by atoms with E-state index in [4.69, 9.17) is 11.1 Å². The van der Waals surface area contributed by atoms with E-state index in [0.29, 0.717) is 0 Å². The molecular formula is C57H45ClSi. The average Bonchev–Trinajstić information content (AvgIpc) is 3.30. The van der Waals surface area contributed by atoms with Gasteiger partial charge in [-0.2, -0.15) is 0 Å². The summed E-state index contributed by atoms with van der Waals surface area (Å²) in [6.07, 6.45) is 0. The van der Waals surface area contributed by atoms with Crippen LogP contribution in [0.4, 0.5) is 0 Å². The predicted octanol–water partition coefficient (Wildman–Crippen LogP) is 13.8. The molecule has 0 fully saturated rings. The third-order valence-electron chi connectivity index (χ3n) is 11.7. The van der Waals surface area contributed by atoms with Gasteiger partial charge >= 0.3 is 0 Å². The molecular weight excluding hydrogens is 748 g/mol. The van der Waals surface area contributed by atoms with Crippen molar-refractivity contribution >= 4 is 34.0 Å². The van der Waals surface area contributed by atoms with Gasteiger partial charge in [-0.3, -0.25) is 0 Å². The summed E-state index contributed by atoms with van der Waals surface area (Å²) < 4.78 is 0. The Morgan fingerprint density at radius 3 is 0.610 bits per heavy atom. The number of hydrogen-bond acceptors (Lipinski definition) is 0. The van der Waals surface area contributed by atoms with Gasteiger partial charge in [-0.15, -0.1) is 11.1 Å². The van der Waals surface area contributed by atoms with Crippen LogP contribution in [0, 0.1) is 20.8 Å². The van der Waals surface area contributed by atoms with Gasteiger partial charge < -0.3 is 0 Å². The van der Waals surface area contributed by atoms with Crippen LogP contribution in [0.3, 0.4) is 0 Å². The average molecular weight is 794 g/mol. The number of rotatable bonds is 9. The number of aryl methyl sites for hydroxylation is 3. The van der Waals surface area contributed by atoms with Crippen LogP contribution < -0.4 is 15.6 Å². The Bertz CT molecular complexity index is 2550. The van der Waals surface area contributed by atoms with E-state index in [1.54, 1.807) is 0 Å². The van der Waals surface area contributed by atoms with Crippen LogP contribution in [0.25, 0.3) is 66.8 Å². The fourth-order valence-corrected chi connectivity index (χ4v) is 14.4. The largest absolute Gasteiger partial charge is 0.248 e. The van der Waals surface area contributed by atoms with Crippen molar-refractivity contribution in [1.82, 2.24) is 0 Å². The van der Waals surface area contributed by atoms with Crippen molar-refractivity contribution in [2.45, 2.75) is 20.8 Å². The summed E-state index contributed by atoms with van der Waals surface area (Å²) in [7, 11) is -3.40. The van der Waals surface area contributed by atoms with Crippen molar-refractivity contribution in [2.75, 3.05) is 0 Å². The van der Waals surface area contributed by atoms with E-state index < -0.39 is 7.38 Å². The zero-order valence-corrected chi connectivity index (χ0v) is 35.4. The van der Waals surface area contributed by atoms with Gasteiger partial charge in [0.25, 0.3) is 0 Å². The number of halogens is 1. The van der Waals surface area contributed by atoms with Crippen LogP contribution >= 0.6 is 11.1 Å². The molecule has 0 saturated heterocycles. The summed E-state index contributed by atoms with van der Waals surface area (Å²) in [5.41, 5.74) is 17.8. The minimum atomic E-state index is -3.40. The van der Waals surface area contributed by atoms with Crippen molar-refractivity contribution in [3.8, 4) is 66.8 Å². The highest BCUT2D eigenvalue weighted by molar-refractivity contribution is 7.40. The molecule has 9 rings (SSSR count). The molecule has 0 aliphatic carbocycles. The van der Waals surface area contributed by atoms with Crippen LogP contribution in [-0.2, 0) is 0 Å². The van der Waals surface area contributed by atoms with Crippen LogP contribution in [0.15, 0.2) is 218 Å². The Hall–Kier alpha value is -6.51. The minimum Gasteiger partial charge on any atom is -0.149 e. The van der Waals surface area contributed by atoms with Crippen LogP contribution in [0.5, 0.6) is 0 Å². The summed E-state index contributed by atoms with van der Waals surface area (Å²) in [4.78, 5) is 0. The summed E-state index contributed by atoms with van der Waals surface area (Å²) in [5, 5.41) is 3.59. The van der Waals surface area contributed by atoms with Gasteiger partial charge in [-0.05, 0) is 120 Å². The Kier molecular flexibility index (Phi) is 10.6. The lowest BCUT2D eigenvalue weighted by Gasteiger charge is -2.34. The molecule has 0 spiro atoms. The maximum Gasteiger partial charge on any atom is 0.248 e. The van der Waals surface area contributed by atoms with Crippen molar-refractivity contribution in [1.29, 1.82) is 0 Å². The topological polar surface area (TPSA) is 0 Å². The van der Waals surface area contributed by atoms with E-state index in [2.05, 4.69) is 239 Å². The molecule has 9 aromatic carbocycles. The summed E-state index contributed by atoms with van der Waals surface area (Å²) in [6.45, 7) is 6.79. The lowest BCUT2D eigenvalue weighted by Crippen LogP contribution is -2.65. The van der Waals surface area contributed by atoms with Gasteiger partial charge in [0.2, 0.25) is 7.38 Å². The molecule has 9 aromatic rings. The number of hydrogen-bond donors (Lipinski definition) is 0. The molecule has 0 nitrogen and oxygen atoms in total. The fourth-order valence-electron chi connectivity index (χ4n) is 8.81. The van der Waals surface area contributed by atoms with Crippen molar-refractivity contribution in [2.24, 2.45) is 0 Å². The van der Waals surface area contributed by atoms with E-state index in [0.717, 1.165) is 0 Å². The maximum absolute atomic E-state index is 8.94. The van der Waals surface area contributed by atoms with E-state index in [9.17, 15) is 0 Å². The second kappa shape index (κ2) is 16.4. The zero-order valence-electron chi connectivity index (χ0n) is 33.7. The molecule has 0 aliphatic rings. The monoisotopic (exact) mass is 792 g/mol. The third-order valence-corrected chi connectivity index (χ3v) is 17.4. The molecule has 0 radical (unpaired) electrons. The molecule has 0 heterocycles. The highest BCUT2D eigenvalue weighted by Crippen LogP contribution is 2.38. The lowest BCUT2D eigenvalue weighted by atomic mass is 9.92. The molecule has 0 bridgehead atoms. The first kappa shape index (κ1) is 38.0. The fraction of sp³-hybridized carbons (Fsp3) is 0.0526. The van der Waals surface area contributed by atoms with Gasteiger partial charge in [0, 0.05) is 0 Å². The van der Waals surface area contributed by atoms with Crippen molar-refractivity contribution in [3.63, 3.8) is 0 Å². The molecule has 0 aliphatic heterocycles. The molecule has 0 amide bonds. The smallest absolute Gasteiger partial charge is 0.149 e. The predicted molar refractivity (Wildman–Crippen MR) is 257 cm³/mol. The lowest BCUT2D eigenvalue weighted by molar-refractivity contribution is 1.46. The third kappa shape index (κ3) is 7.29. The molecule has 0 aromatic heterocycles. The van der Waals surface area contributed by atoms with Crippen LogP contribution in [0.2, 0.25) is 0 Å². The van der Waals surface area contributed by atoms with Gasteiger partial charge in [0.15, 0.2) is 0 Å². The quantitative estimate of drug-likeness (QED) is 0.0776. The zero-order chi connectivity index (χ0) is 40.3. The standard InChI is InChI=1S/C57H45ClSi/c1-40-34-49(43-22-10-4-11-23-43)52(46-28-16-7-17-29-46)37-55(40)59(58,56-38-53(47-30-18-8-19-31-47)50(35-41(56)2)44-24-12-5-13-25-44)57-39-54(48-32-20-9-21-33-48)51(36-42(57)3)45-26-14-6-15-27-45/h4-39H,1-3H3. The number of benzene rings is 9. The Balaban J connectivity index is 1.40. The molecule has 0 N–H and O–H groups in total. The van der Waals surface area contributed by atoms with Crippen LogP contribution in [0.1, 0.15) is 16.7 Å². The Morgan fingerprint density at radius 2 is 0.424 bits per heavy atom. The molecule has 2 heteroatoms. The summed E-state index contributed by atoms with van der Waals surface area (Å²) in [6, 6.07) is 79.1. The Labute approximate surface area is 354 Å². The SMILES string of the molecule is Cc1cc(-c2ccccc2)c(-c2ccccc2)cc1[Si](Cl)(c1cc(-c2ccccc2)c(-c2ccccc2)cc1C)c1cc(-c2ccccc2)c(-c2ccccc2)cc1C. The molecule has 59 heavy (non-hydrogen) atoms. The maximum atomic E-state index is 8.94. The second-order valence-electron chi connectivity index (χ2n) is 15.5. The van der Waals surface area contributed by atoms with Gasteiger partial charge in [-0.25, -0.2) is 0 Å². The van der Waals surface area contributed by atoms with E-state index in [1.807, 2.05) is 0 Å². The first-order valence-corrected chi connectivity index (χ1v) is 23.4. The van der Waals surface area contributed by atoms with Gasteiger partial charge in [-0.1, -0.05) is 218 Å². The van der Waals surface area contributed by atoms with E-state index in [-0.39, 0.29) is 0 Å². The first-order valence-electron chi connectivity index (χ1n) is 20.4. The molecule has 0 atom stereocenters. The summed E-state index contributed by atoms with van der Waals surface area (Å²) in [5.74, 6) is 0. The summed E-state index contributed by atoms with van der Waals surface area (Å²) >= 11 is 8.94. The van der Waals surface area contributed by atoms with Gasteiger partial charge in [0.05, 0.1) is 0 Å². The normalized spacial score (nSPS) is 11.4. The first-order chi connectivity index (χ1) is 28.9. The second-order valence-corrected chi connectivity index (χ2v) is 20.1. The van der Waals surface area contributed by atoms with Crippen molar-refractivity contribution < 1.29 is 0 Å². The van der Waals surface area contributed by atoms with Crippen LogP contribution in [-0.4, -0.2) is 7.38 Å². The Morgan fingerprint density at radius 1 is 0.254 bits per heavy atom. The molecule has 0 saturated carbocycles. The van der Waals surface area contributed by atoms with E-state index >= 15 is 0 Å².